The number of carbonyl (C=O) groups is 1. The van der Waals surface area contributed by atoms with Crippen LogP contribution in [0.25, 0.3) is 11.1 Å². The van der Waals surface area contributed by atoms with Crippen LogP contribution in [0.1, 0.15) is 17.0 Å². The van der Waals surface area contributed by atoms with Crippen molar-refractivity contribution in [3.8, 4) is 11.1 Å². The van der Waals surface area contributed by atoms with E-state index in [0.717, 1.165) is 0 Å². The fourth-order valence-electron chi connectivity index (χ4n) is 3.15. The van der Waals surface area contributed by atoms with Gasteiger partial charge in [-0.05, 0) is 22.3 Å². The molecule has 0 spiro atoms. The number of fused-ring (bicyclic) bond motifs is 3. The monoisotopic (exact) mass is 327 g/mol. The molecular weight excluding hydrogens is 306 g/mol. The Kier molecular flexibility index (Phi) is 5.13. The molecule has 2 aromatic rings. The van der Waals surface area contributed by atoms with Crippen LogP contribution in [-0.2, 0) is 9.47 Å². The molecule has 0 saturated carbocycles. The minimum atomic E-state index is -0.548. The first kappa shape index (κ1) is 16.5. The number of alkyl carbamates (subject to hydrolysis) is 1. The normalized spacial score (nSPS) is 13.9. The molecular formula is C19H21NO4. The first-order valence-electron chi connectivity index (χ1n) is 7.96. The standard InChI is InChI=1S/C19H21NO4/c1-23-11-13(10-21)20-19(22)24-12-18-16-8-4-2-6-14(16)15-7-3-5-9-17(15)18/h2-9,13,18,21H,10-12H2,1H3,(H,20,22). The van der Waals surface area contributed by atoms with Crippen molar-refractivity contribution >= 4 is 6.09 Å². The summed E-state index contributed by atoms with van der Waals surface area (Å²) in [6, 6.07) is 15.9. The van der Waals surface area contributed by atoms with Crippen LogP contribution in [-0.4, -0.2) is 44.2 Å². The van der Waals surface area contributed by atoms with E-state index >= 15 is 0 Å². The fourth-order valence-corrected chi connectivity index (χ4v) is 3.15. The summed E-state index contributed by atoms with van der Waals surface area (Å²) in [5.41, 5.74) is 4.72. The molecule has 3 rings (SSSR count). The van der Waals surface area contributed by atoms with Gasteiger partial charge in [0, 0.05) is 13.0 Å². The first-order chi connectivity index (χ1) is 11.7. The van der Waals surface area contributed by atoms with Crippen molar-refractivity contribution in [2.24, 2.45) is 0 Å². The fraction of sp³-hybridized carbons (Fsp3) is 0.316. The summed E-state index contributed by atoms with van der Waals surface area (Å²) in [6.45, 7) is 0.295. The van der Waals surface area contributed by atoms with Crippen molar-refractivity contribution in [1.82, 2.24) is 5.32 Å². The summed E-state index contributed by atoms with van der Waals surface area (Å²) >= 11 is 0. The van der Waals surface area contributed by atoms with Crippen LogP contribution >= 0.6 is 0 Å². The lowest BCUT2D eigenvalue weighted by atomic mass is 9.98. The van der Waals surface area contributed by atoms with Gasteiger partial charge in [-0.3, -0.25) is 0 Å². The Hall–Kier alpha value is -2.37. The number of methoxy groups -OCH3 is 1. The SMILES string of the molecule is COCC(CO)NC(=O)OCC1c2ccccc2-c2ccccc21. The Balaban J connectivity index is 1.70. The number of aliphatic hydroxyl groups excluding tert-OH is 1. The van der Waals surface area contributed by atoms with Crippen molar-refractivity contribution in [3.63, 3.8) is 0 Å². The highest BCUT2D eigenvalue weighted by Gasteiger charge is 2.29. The van der Waals surface area contributed by atoms with Crippen molar-refractivity contribution in [2.45, 2.75) is 12.0 Å². The second-order valence-electron chi connectivity index (χ2n) is 5.80. The zero-order valence-electron chi connectivity index (χ0n) is 13.6. The van der Waals surface area contributed by atoms with Crippen LogP contribution in [0, 0.1) is 0 Å². The number of carbonyl (C=O) groups excluding carboxylic acids is 1. The summed E-state index contributed by atoms with van der Waals surface area (Å²) in [6.07, 6.45) is -0.548. The molecule has 1 amide bonds. The topological polar surface area (TPSA) is 67.8 Å². The van der Waals surface area contributed by atoms with Gasteiger partial charge < -0.3 is 19.9 Å². The van der Waals surface area contributed by atoms with E-state index < -0.39 is 12.1 Å². The molecule has 2 N–H and O–H groups in total. The number of nitrogens with one attached hydrogen (secondary N) is 1. The van der Waals surface area contributed by atoms with Gasteiger partial charge >= 0.3 is 6.09 Å². The largest absolute Gasteiger partial charge is 0.449 e. The minimum Gasteiger partial charge on any atom is -0.449 e. The lowest BCUT2D eigenvalue weighted by molar-refractivity contribution is 0.105. The van der Waals surface area contributed by atoms with E-state index in [2.05, 4.69) is 29.6 Å². The second-order valence-corrected chi connectivity index (χ2v) is 5.80. The molecule has 0 saturated heterocycles. The van der Waals surface area contributed by atoms with Crippen LogP contribution in [0.4, 0.5) is 4.79 Å². The Morgan fingerprint density at radius 2 is 1.71 bits per heavy atom. The van der Waals surface area contributed by atoms with Crippen molar-refractivity contribution in [1.29, 1.82) is 0 Å². The number of ether oxygens (including phenoxy) is 2. The molecule has 2 aromatic carbocycles. The Morgan fingerprint density at radius 3 is 2.25 bits per heavy atom. The molecule has 5 nitrogen and oxygen atoms in total. The number of rotatable bonds is 6. The molecule has 0 aliphatic heterocycles. The predicted octanol–water partition coefficient (Wildman–Crippen LogP) is 2.53. The molecule has 1 unspecified atom stereocenters. The third-order valence-corrected chi connectivity index (χ3v) is 4.25. The summed E-state index contributed by atoms with van der Waals surface area (Å²) in [5.74, 6) is 0.0261. The summed E-state index contributed by atoms with van der Waals surface area (Å²) in [5, 5.41) is 11.8. The molecule has 0 radical (unpaired) electrons. The molecule has 1 aliphatic carbocycles. The van der Waals surface area contributed by atoms with Crippen molar-refractivity contribution in [3.05, 3.63) is 59.7 Å². The van der Waals surface area contributed by atoms with Gasteiger partial charge in [-0.25, -0.2) is 4.79 Å². The van der Waals surface area contributed by atoms with Gasteiger partial charge in [-0.1, -0.05) is 48.5 Å². The summed E-state index contributed by atoms with van der Waals surface area (Å²) in [7, 11) is 1.52. The van der Waals surface area contributed by atoms with E-state index in [0.29, 0.717) is 0 Å². The lowest BCUT2D eigenvalue weighted by Gasteiger charge is -2.17. The van der Waals surface area contributed by atoms with Crippen molar-refractivity contribution in [2.75, 3.05) is 26.9 Å². The highest BCUT2D eigenvalue weighted by molar-refractivity contribution is 5.79. The third kappa shape index (κ3) is 3.27. The lowest BCUT2D eigenvalue weighted by Crippen LogP contribution is -2.41. The van der Waals surface area contributed by atoms with Gasteiger partial charge in [0.1, 0.15) is 6.61 Å². The van der Waals surface area contributed by atoms with E-state index in [1.54, 1.807) is 0 Å². The highest BCUT2D eigenvalue weighted by atomic mass is 16.5. The second kappa shape index (κ2) is 7.47. The molecule has 1 aliphatic rings. The Labute approximate surface area is 141 Å². The summed E-state index contributed by atoms with van der Waals surface area (Å²) in [4.78, 5) is 12.0. The molecule has 126 valence electrons. The smallest absolute Gasteiger partial charge is 0.407 e. The molecule has 0 bridgehead atoms. The van der Waals surface area contributed by atoms with Crippen LogP contribution in [0.5, 0.6) is 0 Å². The first-order valence-corrected chi connectivity index (χ1v) is 7.96. The predicted molar refractivity (Wildman–Crippen MR) is 91.0 cm³/mol. The van der Waals surface area contributed by atoms with Gasteiger partial charge in [-0.15, -0.1) is 0 Å². The molecule has 0 aromatic heterocycles. The number of aliphatic hydroxyl groups is 1. The maximum Gasteiger partial charge on any atom is 0.407 e. The van der Waals surface area contributed by atoms with E-state index in [9.17, 15) is 9.90 Å². The van der Waals surface area contributed by atoms with Gasteiger partial charge in [0.25, 0.3) is 0 Å². The Morgan fingerprint density at radius 1 is 1.12 bits per heavy atom. The van der Waals surface area contributed by atoms with Crippen LogP contribution in [0.3, 0.4) is 0 Å². The third-order valence-electron chi connectivity index (χ3n) is 4.25. The molecule has 5 heteroatoms. The minimum absolute atomic E-state index is 0.0261. The maximum absolute atomic E-state index is 12.0. The number of hydrogen-bond donors (Lipinski definition) is 2. The molecule has 0 heterocycles. The van der Waals surface area contributed by atoms with Gasteiger partial charge in [0.2, 0.25) is 0 Å². The number of amides is 1. The highest BCUT2D eigenvalue weighted by Crippen LogP contribution is 2.44. The van der Waals surface area contributed by atoms with Crippen LogP contribution < -0.4 is 5.32 Å². The van der Waals surface area contributed by atoms with Crippen LogP contribution in [0.15, 0.2) is 48.5 Å². The van der Waals surface area contributed by atoms with Crippen LogP contribution in [0.2, 0.25) is 0 Å². The van der Waals surface area contributed by atoms with E-state index in [1.807, 2.05) is 24.3 Å². The van der Waals surface area contributed by atoms with Gasteiger partial charge in [-0.2, -0.15) is 0 Å². The van der Waals surface area contributed by atoms with Crippen molar-refractivity contribution < 1.29 is 19.4 Å². The van der Waals surface area contributed by atoms with Gasteiger partial charge in [0.15, 0.2) is 0 Å². The van der Waals surface area contributed by atoms with Gasteiger partial charge in [0.05, 0.1) is 19.3 Å². The van der Waals surface area contributed by atoms with E-state index in [4.69, 9.17) is 9.47 Å². The average molecular weight is 327 g/mol. The maximum atomic E-state index is 12.0. The molecule has 0 fully saturated rings. The summed E-state index contributed by atoms with van der Waals surface area (Å²) < 4.78 is 10.3. The quantitative estimate of drug-likeness (QED) is 0.855. The average Bonchev–Trinajstić information content (AvgIpc) is 2.93. The zero-order valence-corrected chi connectivity index (χ0v) is 13.6. The molecule has 24 heavy (non-hydrogen) atoms. The Bertz CT molecular complexity index is 671. The number of benzene rings is 2. The zero-order chi connectivity index (χ0) is 16.9. The van der Waals surface area contributed by atoms with E-state index in [-0.39, 0.29) is 25.7 Å². The van der Waals surface area contributed by atoms with E-state index in [1.165, 1.54) is 29.4 Å². The molecule has 1 atom stereocenters. The number of hydrogen-bond acceptors (Lipinski definition) is 4.